The number of esters is 1. The Labute approximate surface area is 182 Å². The van der Waals surface area contributed by atoms with Gasteiger partial charge in [0.25, 0.3) is 5.91 Å². The largest absolute Gasteiger partial charge is 0.468 e. The van der Waals surface area contributed by atoms with Crippen LogP contribution in [0.5, 0.6) is 0 Å². The lowest BCUT2D eigenvalue weighted by Gasteiger charge is -2.20. The van der Waals surface area contributed by atoms with Crippen molar-refractivity contribution in [1.82, 2.24) is 10.0 Å². The minimum Gasteiger partial charge on any atom is -0.468 e. The topological polar surface area (TPSA) is 115 Å². The van der Waals surface area contributed by atoms with Gasteiger partial charge in [-0.2, -0.15) is 0 Å². The highest BCUT2D eigenvalue weighted by atomic mass is 32.2. The van der Waals surface area contributed by atoms with Crippen LogP contribution in [-0.2, 0) is 26.1 Å². The van der Waals surface area contributed by atoms with Gasteiger partial charge in [0.1, 0.15) is 5.76 Å². The third-order valence-electron chi connectivity index (χ3n) is 5.22. The molecule has 0 saturated heterocycles. The van der Waals surface area contributed by atoms with Crippen LogP contribution in [0.4, 0.5) is 0 Å². The van der Waals surface area contributed by atoms with Crippen molar-refractivity contribution in [3.8, 4) is 0 Å². The van der Waals surface area contributed by atoms with Gasteiger partial charge in [0.05, 0.1) is 23.3 Å². The maximum absolute atomic E-state index is 12.3. The molecular weight excluding hydrogens is 420 g/mol. The van der Waals surface area contributed by atoms with Crippen molar-refractivity contribution in [3.05, 3.63) is 54.0 Å². The van der Waals surface area contributed by atoms with Crippen LogP contribution in [0.15, 0.2) is 52.0 Å². The molecule has 1 aliphatic carbocycles. The zero-order valence-corrected chi connectivity index (χ0v) is 18.2. The Bertz CT molecular complexity index is 946. The Kier molecular flexibility index (Phi) is 8.25. The van der Waals surface area contributed by atoms with Crippen LogP contribution in [0.3, 0.4) is 0 Å². The van der Waals surface area contributed by atoms with Gasteiger partial charge < -0.3 is 14.5 Å². The highest BCUT2D eigenvalue weighted by Gasteiger charge is 2.18. The van der Waals surface area contributed by atoms with Gasteiger partial charge in [-0.05, 0) is 49.2 Å². The maximum Gasteiger partial charge on any atom is 0.338 e. The molecule has 2 N–H and O–H groups in total. The molecule has 2 aromatic rings. The Morgan fingerprint density at radius 3 is 2.32 bits per heavy atom. The minimum atomic E-state index is -3.75. The van der Waals surface area contributed by atoms with E-state index in [4.69, 9.17) is 9.15 Å². The number of furan rings is 1. The monoisotopic (exact) mass is 448 g/mol. The van der Waals surface area contributed by atoms with Crippen molar-refractivity contribution < 1.29 is 27.2 Å². The van der Waals surface area contributed by atoms with Crippen LogP contribution in [0.2, 0.25) is 0 Å². The second kappa shape index (κ2) is 11.1. The van der Waals surface area contributed by atoms with E-state index in [0.717, 1.165) is 25.7 Å². The first-order valence-corrected chi connectivity index (χ1v) is 12.0. The molecule has 1 aromatic carbocycles. The summed E-state index contributed by atoms with van der Waals surface area (Å²) in [4.78, 5) is 24.3. The number of hydrogen-bond donors (Lipinski definition) is 2. The first-order chi connectivity index (χ1) is 14.9. The lowest BCUT2D eigenvalue weighted by Crippen LogP contribution is -2.38. The van der Waals surface area contributed by atoms with Crippen LogP contribution in [0, 0.1) is 0 Å². The van der Waals surface area contributed by atoms with Crippen molar-refractivity contribution in [3.63, 3.8) is 0 Å². The molecule has 0 atom stereocenters. The number of carbonyl (C=O) groups is 2. The third-order valence-corrected chi connectivity index (χ3v) is 6.64. The summed E-state index contributed by atoms with van der Waals surface area (Å²) >= 11 is 0. The molecule has 8 nitrogen and oxygen atoms in total. The second-order valence-corrected chi connectivity index (χ2v) is 9.38. The predicted molar refractivity (Wildman–Crippen MR) is 114 cm³/mol. The molecule has 168 valence electrons. The van der Waals surface area contributed by atoms with E-state index in [-0.39, 0.29) is 35.6 Å². The SMILES string of the molecule is O=C(COC(=O)c1ccc(S(=O)(=O)NCc2ccco2)cc1)NC1CCCCCCC1. The number of sulfonamides is 1. The first kappa shape index (κ1) is 23.0. The fraction of sp³-hybridized carbons (Fsp3) is 0.455. The Balaban J connectivity index is 1.47. The molecule has 1 amide bonds. The van der Waals surface area contributed by atoms with E-state index in [1.54, 1.807) is 12.1 Å². The fourth-order valence-electron chi connectivity index (χ4n) is 3.52. The molecule has 9 heteroatoms. The number of benzene rings is 1. The van der Waals surface area contributed by atoms with Crippen LogP contribution < -0.4 is 10.0 Å². The van der Waals surface area contributed by atoms with E-state index in [0.29, 0.717) is 5.76 Å². The zero-order valence-electron chi connectivity index (χ0n) is 17.3. The standard InChI is InChI=1S/C22H28N2O6S/c25-21(24-18-7-4-2-1-3-5-8-18)16-30-22(26)17-10-12-20(13-11-17)31(27,28)23-15-19-9-6-14-29-19/h6,9-14,18,23H,1-5,7-8,15-16H2,(H,24,25). The molecule has 0 spiro atoms. The molecule has 1 heterocycles. The third kappa shape index (κ3) is 7.22. The van der Waals surface area contributed by atoms with Crippen LogP contribution in [0.1, 0.15) is 61.1 Å². The normalized spacial score (nSPS) is 15.6. The lowest BCUT2D eigenvalue weighted by molar-refractivity contribution is -0.125. The molecule has 0 radical (unpaired) electrons. The summed E-state index contributed by atoms with van der Waals surface area (Å²) in [5.41, 5.74) is 0.170. The van der Waals surface area contributed by atoms with Crippen molar-refractivity contribution in [2.75, 3.05) is 6.61 Å². The zero-order chi connectivity index (χ0) is 22.1. The molecule has 0 aliphatic heterocycles. The van der Waals surface area contributed by atoms with Crippen LogP contribution >= 0.6 is 0 Å². The van der Waals surface area contributed by atoms with Gasteiger partial charge in [0.15, 0.2) is 6.61 Å². The van der Waals surface area contributed by atoms with Gasteiger partial charge >= 0.3 is 5.97 Å². The molecule has 3 rings (SSSR count). The number of carbonyl (C=O) groups excluding carboxylic acids is 2. The number of rotatable bonds is 8. The highest BCUT2D eigenvalue weighted by molar-refractivity contribution is 7.89. The molecule has 0 unspecified atom stereocenters. The average molecular weight is 449 g/mol. The van der Waals surface area contributed by atoms with Gasteiger partial charge in [0.2, 0.25) is 10.0 Å². The summed E-state index contributed by atoms with van der Waals surface area (Å²) in [6, 6.07) is 8.81. The second-order valence-electron chi connectivity index (χ2n) is 7.61. The highest BCUT2D eigenvalue weighted by Crippen LogP contribution is 2.17. The van der Waals surface area contributed by atoms with Gasteiger partial charge in [-0.25, -0.2) is 17.9 Å². The Morgan fingerprint density at radius 2 is 1.68 bits per heavy atom. The molecule has 31 heavy (non-hydrogen) atoms. The molecule has 0 bridgehead atoms. The summed E-state index contributed by atoms with van der Waals surface area (Å²) in [5, 5.41) is 2.94. The van der Waals surface area contributed by atoms with Gasteiger partial charge in [0, 0.05) is 6.04 Å². The summed E-state index contributed by atoms with van der Waals surface area (Å²) < 4.78 is 37.3. The number of hydrogen-bond acceptors (Lipinski definition) is 6. The molecular formula is C22H28N2O6S. The number of nitrogens with one attached hydrogen (secondary N) is 2. The van der Waals surface area contributed by atoms with Gasteiger partial charge in [-0.15, -0.1) is 0 Å². The van der Waals surface area contributed by atoms with E-state index >= 15 is 0 Å². The van der Waals surface area contributed by atoms with E-state index in [2.05, 4.69) is 10.0 Å². The Hall–Kier alpha value is -2.65. The van der Waals surface area contributed by atoms with E-state index < -0.39 is 16.0 Å². The van der Waals surface area contributed by atoms with Crippen molar-refractivity contribution in [2.24, 2.45) is 0 Å². The Morgan fingerprint density at radius 1 is 1.00 bits per heavy atom. The summed E-state index contributed by atoms with van der Waals surface area (Å²) in [7, 11) is -3.75. The maximum atomic E-state index is 12.3. The van der Waals surface area contributed by atoms with E-state index in [1.807, 2.05) is 0 Å². The van der Waals surface area contributed by atoms with Crippen LogP contribution in [0.25, 0.3) is 0 Å². The summed E-state index contributed by atoms with van der Waals surface area (Å²) in [5.74, 6) is -0.512. The fourth-order valence-corrected chi connectivity index (χ4v) is 4.51. The molecule has 1 aliphatic rings. The quantitative estimate of drug-likeness (QED) is 0.600. The molecule has 1 fully saturated rings. The van der Waals surface area contributed by atoms with Gasteiger partial charge in [-0.3, -0.25) is 4.79 Å². The summed E-state index contributed by atoms with van der Waals surface area (Å²) in [6.07, 6.45) is 9.16. The minimum absolute atomic E-state index is 0.0117. The van der Waals surface area contributed by atoms with E-state index in [9.17, 15) is 18.0 Å². The van der Waals surface area contributed by atoms with E-state index in [1.165, 1.54) is 49.8 Å². The smallest absolute Gasteiger partial charge is 0.338 e. The van der Waals surface area contributed by atoms with Crippen molar-refractivity contribution in [1.29, 1.82) is 0 Å². The summed E-state index contributed by atoms with van der Waals surface area (Å²) in [6.45, 7) is -0.338. The van der Waals surface area contributed by atoms with Crippen molar-refractivity contribution >= 4 is 21.9 Å². The van der Waals surface area contributed by atoms with Crippen LogP contribution in [-0.4, -0.2) is 32.9 Å². The predicted octanol–water partition coefficient (Wildman–Crippen LogP) is 3.14. The molecule has 1 saturated carbocycles. The first-order valence-electron chi connectivity index (χ1n) is 10.5. The lowest BCUT2D eigenvalue weighted by atomic mass is 9.97. The van der Waals surface area contributed by atoms with Crippen molar-refractivity contribution in [2.45, 2.75) is 62.4 Å². The van der Waals surface area contributed by atoms with Gasteiger partial charge in [-0.1, -0.05) is 32.1 Å². The number of amides is 1. The average Bonchev–Trinajstić information content (AvgIpc) is 3.26. The number of ether oxygens (including phenoxy) is 1. The molecule has 1 aromatic heterocycles.